The Bertz CT molecular complexity index is 253. The van der Waals surface area contributed by atoms with Crippen LogP contribution in [0.25, 0.3) is 0 Å². The standard InChI is InChI=1S/C9H14N2S/c1-7-6-11-9(12-7)4-5-10-8-2-3-8/h6,8,10H,2-5H2,1H3. The van der Waals surface area contributed by atoms with E-state index in [4.69, 9.17) is 0 Å². The monoisotopic (exact) mass is 182 g/mol. The van der Waals surface area contributed by atoms with E-state index in [0.29, 0.717) is 0 Å². The van der Waals surface area contributed by atoms with Crippen LogP contribution in [0.3, 0.4) is 0 Å². The van der Waals surface area contributed by atoms with Gasteiger partial charge in [-0.3, -0.25) is 0 Å². The molecule has 12 heavy (non-hydrogen) atoms. The average Bonchev–Trinajstić information content (AvgIpc) is 2.76. The van der Waals surface area contributed by atoms with Crippen LogP contribution in [0.4, 0.5) is 0 Å². The zero-order valence-electron chi connectivity index (χ0n) is 7.34. The van der Waals surface area contributed by atoms with Crippen LogP contribution in [0.15, 0.2) is 6.20 Å². The highest BCUT2D eigenvalue weighted by Gasteiger charge is 2.19. The van der Waals surface area contributed by atoms with E-state index in [-0.39, 0.29) is 0 Å². The van der Waals surface area contributed by atoms with Gasteiger partial charge in [0, 0.05) is 30.1 Å². The molecule has 0 unspecified atom stereocenters. The van der Waals surface area contributed by atoms with Gasteiger partial charge in [0.1, 0.15) is 0 Å². The van der Waals surface area contributed by atoms with E-state index in [1.165, 1.54) is 22.7 Å². The van der Waals surface area contributed by atoms with Gasteiger partial charge >= 0.3 is 0 Å². The smallest absolute Gasteiger partial charge is 0.0940 e. The van der Waals surface area contributed by atoms with Crippen molar-refractivity contribution in [3.05, 3.63) is 16.1 Å². The molecular formula is C9H14N2S. The molecule has 1 N–H and O–H groups in total. The number of rotatable bonds is 4. The molecule has 0 bridgehead atoms. The second-order valence-electron chi connectivity index (χ2n) is 3.34. The second-order valence-corrected chi connectivity index (χ2v) is 4.66. The van der Waals surface area contributed by atoms with Crippen LogP contribution in [0.5, 0.6) is 0 Å². The zero-order valence-corrected chi connectivity index (χ0v) is 8.16. The summed E-state index contributed by atoms with van der Waals surface area (Å²) in [7, 11) is 0. The summed E-state index contributed by atoms with van der Waals surface area (Å²) in [5.41, 5.74) is 0. The van der Waals surface area contributed by atoms with E-state index in [1.807, 2.05) is 17.5 Å². The summed E-state index contributed by atoms with van der Waals surface area (Å²) in [6.45, 7) is 3.20. The van der Waals surface area contributed by atoms with Crippen LogP contribution in [0.1, 0.15) is 22.7 Å². The number of hydrogen-bond donors (Lipinski definition) is 1. The summed E-state index contributed by atoms with van der Waals surface area (Å²) in [6.07, 6.45) is 5.79. The van der Waals surface area contributed by atoms with Crippen molar-refractivity contribution >= 4 is 11.3 Å². The van der Waals surface area contributed by atoms with Gasteiger partial charge in [-0.15, -0.1) is 11.3 Å². The van der Waals surface area contributed by atoms with Crippen LogP contribution in [0.2, 0.25) is 0 Å². The van der Waals surface area contributed by atoms with Crippen LogP contribution < -0.4 is 5.32 Å². The van der Waals surface area contributed by atoms with Gasteiger partial charge in [0.2, 0.25) is 0 Å². The highest BCUT2D eigenvalue weighted by Crippen LogP contribution is 2.18. The van der Waals surface area contributed by atoms with Crippen LogP contribution in [0, 0.1) is 6.92 Å². The van der Waals surface area contributed by atoms with Gasteiger partial charge in [0.05, 0.1) is 5.01 Å². The van der Waals surface area contributed by atoms with E-state index in [1.54, 1.807) is 0 Å². The number of nitrogens with one attached hydrogen (secondary N) is 1. The first-order chi connectivity index (χ1) is 5.84. The van der Waals surface area contributed by atoms with Gasteiger partial charge in [0.15, 0.2) is 0 Å². The van der Waals surface area contributed by atoms with E-state index in [2.05, 4.69) is 17.2 Å². The Morgan fingerprint density at radius 1 is 1.67 bits per heavy atom. The highest BCUT2D eigenvalue weighted by atomic mass is 32.1. The minimum absolute atomic E-state index is 0.825. The first-order valence-electron chi connectivity index (χ1n) is 4.49. The highest BCUT2D eigenvalue weighted by molar-refractivity contribution is 7.11. The van der Waals surface area contributed by atoms with Crippen molar-refractivity contribution in [3.8, 4) is 0 Å². The molecule has 1 heterocycles. The molecule has 2 rings (SSSR count). The molecule has 0 atom stereocenters. The number of aryl methyl sites for hydroxylation is 1. The van der Waals surface area contributed by atoms with Crippen molar-refractivity contribution < 1.29 is 0 Å². The second kappa shape index (κ2) is 3.54. The number of hydrogen-bond acceptors (Lipinski definition) is 3. The third-order valence-corrected chi connectivity index (χ3v) is 2.99. The van der Waals surface area contributed by atoms with Gasteiger partial charge < -0.3 is 5.32 Å². The molecule has 2 nitrogen and oxygen atoms in total. The van der Waals surface area contributed by atoms with E-state index in [0.717, 1.165) is 19.0 Å². The van der Waals surface area contributed by atoms with Gasteiger partial charge in [-0.1, -0.05) is 0 Å². The zero-order chi connectivity index (χ0) is 8.39. The van der Waals surface area contributed by atoms with E-state index >= 15 is 0 Å². The van der Waals surface area contributed by atoms with Crippen molar-refractivity contribution in [2.24, 2.45) is 0 Å². The molecule has 1 aromatic heterocycles. The lowest BCUT2D eigenvalue weighted by atomic mass is 10.4. The predicted octanol–water partition coefficient (Wildman–Crippen LogP) is 1.75. The largest absolute Gasteiger partial charge is 0.314 e. The lowest BCUT2D eigenvalue weighted by Crippen LogP contribution is -2.19. The summed E-state index contributed by atoms with van der Waals surface area (Å²) in [4.78, 5) is 5.63. The maximum Gasteiger partial charge on any atom is 0.0940 e. The molecule has 0 spiro atoms. The minimum atomic E-state index is 0.825. The molecule has 1 fully saturated rings. The van der Waals surface area contributed by atoms with Crippen LogP contribution in [-0.2, 0) is 6.42 Å². The number of nitrogens with zero attached hydrogens (tertiary/aromatic N) is 1. The Morgan fingerprint density at radius 2 is 2.50 bits per heavy atom. The summed E-state index contributed by atoms with van der Waals surface area (Å²) >= 11 is 1.81. The van der Waals surface area contributed by atoms with E-state index in [9.17, 15) is 0 Å². The molecule has 0 amide bonds. The first-order valence-corrected chi connectivity index (χ1v) is 5.31. The molecular weight excluding hydrogens is 168 g/mol. The molecule has 1 aromatic rings. The molecule has 1 aliphatic rings. The maximum absolute atomic E-state index is 4.31. The van der Waals surface area contributed by atoms with Crippen molar-refractivity contribution in [1.82, 2.24) is 10.3 Å². The fraction of sp³-hybridized carbons (Fsp3) is 0.667. The van der Waals surface area contributed by atoms with Gasteiger partial charge in [-0.2, -0.15) is 0 Å². The van der Waals surface area contributed by atoms with Crippen LogP contribution in [-0.4, -0.2) is 17.6 Å². The quantitative estimate of drug-likeness (QED) is 0.767. The summed E-state index contributed by atoms with van der Waals surface area (Å²) in [6, 6.07) is 0.825. The van der Waals surface area contributed by atoms with Crippen molar-refractivity contribution in [2.45, 2.75) is 32.2 Å². The normalized spacial score (nSPS) is 16.8. The molecule has 0 radical (unpaired) electrons. The van der Waals surface area contributed by atoms with Gasteiger partial charge in [-0.25, -0.2) is 4.98 Å². The third kappa shape index (κ3) is 2.29. The molecule has 1 saturated carbocycles. The Kier molecular flexibility index (Phi) is 2.42. The Balaban J connectivity index is 1.71. The van der Waals surface area contributed by atoms with Gasteiger partial charge in [0.25, 0.3) is 0 Å². The summed E-state index contributed by atoms with van der Waals surface area (Å²) in [5, 5.41) is 4.75. The molecule has 0 aliphatic heterocycles. The lowest BCUT2D eigenvalue weighted by molar-refractivity contribution is 0.680. The third-order valence-electron chi connectivity index (χ3n) is 2.02. The predicted molar refractivity (Wildman–Crippen MR) is 51.6 cm³/mol. The van der Waals surface area contributed by atoms with Crippen molar-refractivity contribution in [2.75, 3.05) is 6.54 Å². The summed E-state index contributed by atoms with van der Waals surface area (Å²) in [5.74, 6) is 0. The number of aromatic nitrogens is 1. The molecule has 0 saturated heterocycles. The Morgan fingerprint density at radius 3 is 3.08 bits per heavy atom. The number of thiazole rings is 1. The molecule has 1 aliphatic carbocycles. The SMILES string of the molecule is Cc1cnc(CCNC2CC2)s1. The molecule has 3 heteroatoms. The molecule has 0 aromatic carbocycles. The lowest BCUT2D eigenvalue weighted by Gasteiger charge is -1.98. The van der Waals surface area contributed by atoms with Crippen molar-refractivity contribution in [3.63, 3.8) is 0 Å². The minimum Gasteiger partial charge on any atom is -0.314 e. The van der Waals surface area contributed by atoms with Crippen LogP contribution >= 0.6 is 11.3 Å². The summed E-state index contributed by atoms with van der Waals surface area (Å²) < 4.78 is 0. The van der Waals surface area contributed by atoms with Gasteiger partial charge in [-0.05, 0) is 19.8 Å². The Hall–Kier alpha value is -0.410. The fourth-order valence-corrected chi connectivity index (χ4v) is 1.97. The molecule has 66 valence electrons. The fourth-order valence-electron chi connectivity index (χ4n) is 1.19. The topological polar surface area (TPSA) is 24.9 Å². The first kappa shape index (κ1) is 8.20. The van der Waals surface area contributed by atoms with Crippen molar-refractivity contribution in [1.29, 1.82) is 0 Å². The maximum atomic E-state index is 4.31. The average molecular weight is 182 g/mol. The Labute approximate surface area is 77.0 Å². The van der Waals surface area contributed by atoms with E-state index < -0.39 is 0 Å².